The number of aliphatic hydroxyl groups excluding tert-OH is 2. The van der Waals surface area contributed by atoms with E-state index < -0.39 is 11.7 Å². The first-order valence-electron chi connectivity index (χ1n) is 10.1. The van der Waals surface area contributed by atoms with Crippen molar-refractivity contribution in [3.8, 4) is 16.9 Å². The van der Waals surface area contributed by atoms with Crippen molar-refractivity contribution in [3.05, 3.63) is 75.1 Å². The van der Waals surface area contributed by atoms with Gasteiger partial charge in [0.2, 0.25) is 5.95 Å². The maximum atomic E-state index is 13.1. The van der Waals surface area contributed by atoms with E-state index in [2.05, 4.69) is 15.3 Å². The van der Waals surface area contributed by atoms with E-state index >= 15 is 0 Å². The summed E-state index contributed by atoms with van der Waals surface area (Å²) in [6.07, 6.45) is 0.610. The van der Waals surface area contributed by atoms with Crippen molar-refractivity contribution >= 4 is 45.9 Å². The number of halogens is 2. The average Bonchev–Trinajstić information content (AvgIpc) is 2.84. The van der Waals surface area contributed by atoms with Crippen LogP contribution < -0.4 is 20.5 Å². The second-order valence-electron chi connectivity index (χ2n) is 7.21. The number of pyridine rings is 1. The highest BCUT2D eigenvalue weighted by molar-refractivity contribution is 6.39. The Labute approximate surface area is 204 Å². The summed E-state index contributed by atoms with van der Waals surface area (Å²) >= 11 is 12.6. The maximum absolute atomic E-state index is 13.1. The molecule has 3 N–H and O–H groups in total. The minimum Gasteiger partial charge on any atom is -0.491 e. The highest BCUT2D eigenvalue weighted by Gasteiger charge is 2.18. The number of ether oxygens (including phenoxy) is 1. The zero-order valence-electron chi connectivity index (χ0n) is 17.9. The normalized spacial score (nSPS) is 11.9. The van der Waals surface area contributed by atoms with Gasteiger partial charge in [-0.2, -0.15) is 4.98 Å². The van der Waals surface area contributed by atoms with Gasteiger partial charge >= 0.3 is 0 Å². The Bertz CT molecular complexity index is 1360. The highest BCUT2D eigenvalue weighted by Crippen LogP contribution is 2.33. The smallest absolute Gasteiger partial charge is 0.293 e. The van der Waals surface area contributed by atoms with Crippen LogP contribution in [0.25, 0.3) is 22.2 Å². The van der Waals surface area contributed by atoms with Crippen LogP contribution in [0.1, 0.15) is 0 Å². The van der Waals surface area contributed by atoms with Crippen LogP contribution in [0.4, 0.5) is 11.6 Å². The summed E-state index contributed by atoms with van der Waals surface area (Å²) in [7, 11) is 1.36. The molecule has 2 aromatic carbocycles. The summed E-state index contributed by atoms with van der Waals surface area (Å²) in [5.74, 6) is 0.766. The van der Waals surface area contributed by atoms with Crippen LogP contribution in [0.2, 0.25) is 10.0 Å². The van der Waals surface area contributed by atoms with Crippen molar-refractivity contribution in [3.63, 3.8) is 0 Å². The number of nitrogens with one attached hydrogen (secondary N) is 1. The van der Waals surface area contributed by atoms with Gasteiger partial charge < -0.3 is 25.1 Å². The van der Waals surface area contributed by atoms with Gasteiger partial charge in [-0.15, -0.1) is 4.73 Å². The van der Waals surface area contributed by atoms with Gasteiger partial charge in [-0.25, -0.2) is 4.98 Å². The number of hydrogen-bond acceptors (Lipinski definition) is 8. The zero-order chi connectivity index (χ0) is 24.2. The molecule has 0 saturated heterocycles. The third-order valence-corrected chi connectivity index (χ3v) is 5.51. The number of hydrogen-bond donors (Lipinski definition) is 3. The summed E-state index contributed by atoms with van der Waals surface area (Å²) in [6.45, 7) is -0.397. The summed E-state index contributed by atoms with van der Waals surface area (Å²) in [4.78, 5) is 27.2. The molecule has 0 bridgehead atoms. The largest absolute Gasteiger partial charge is 0.491 e. The first-order valence-corrected chi connectivity index (χ1v) is 10.9. The molecule has 2 heterocycles. The van der Waals surface area contributed by atoms with Crippen LogP contribution >= 0.6 is 23.2 Å². The molecule has 1 unspecified atom stereocenters. The Hall–Kier alpha value is -3.37. The number of nitrogens with zero attached hydrogens (tertiary/aromatic N) is 3. The van der Waals surface area contributed by atoms with Crippen LogP contribution in [0, 0.1) is 0 Å². The molecule has 9 nitrogen and oxygen atoms in total. The first kappa shape index (κ1) is 23.8. The fourth-order valence-electron chi connectivity index (χ4n) is 3.24. The summed E-state index contributed by atoms with van der Waals surface area (Å²) in [5, 5.41) is 22.5. The van der Waals surface area contributed by atoms with Gasteiger partial charge in [0, 0.05) is 22.8 Å². The molecule has 34 heavy (non-hydrogen) atoms. The van der Waals surface area contributed by atoms with E-state index in [0.717, 1.165) is 4.73 Å². The average molecular weight is 503 g/mol. The molecule has 0 aliphatic carbocycles. The minimum atomic E-state index is -0.948. The Kier molecular flexibility index (Phi) is 7.18. The molecule has 0 aliphatic heterocycles. The zero-order valence-corrected chi connectivity index (χ0v) is 19.4. The maximum Gasteiger partial charge on any atom is 0.293 e. The molecule has 1 atom stereocenters. The third-order valence-electron chi connectivity index (χ3n) is 4.88. The Balaban J connectivity index is 1.65. The predicted molar refractivity (Wildman–Crippen MR) is 130 cm³/mol. The number of aliphatic hydroxyl groups is 2. The topological polar surface area (TPSA) is 119 Å². The number of rotatable bonds is 8. The molecule has 2 aromatic heterocycles. The van der Waals surface area contributed by atoms with Gasteiger partial charge in [0.15, 0.2) is 5.65 Å². The van der Waals surface area contributed by atoms with Crippen LogP contribution in [0.5, 0.6) is 5.75 Å². The van der Waals surface area contributed by atoms with Gasteiger partial charge in [-0.3, -0.25) is 4.79 Å². The van der Waals surface area contributed by atoms with Gasteiger partial charge in [0.25, 0.3) is 5.56 Å². The lowest BCUT2D eigenvalue weighted by Gasteiger charge is -2.13. The van der Waals surface area contributed by atoms with Gasteiger partial charge in [-0.1, -0.05) is 29.3 Å². The molecule has 0 saturated carbocycles. The van der Waals surface area contributed by atoms with E-state index in [4.69, 9.17) is 37.9 Å². The number of aromatic nitrogens is 3. The van der Waals surface area contributed by atoms with Crippen LogP contribution in [-0.4, -0.2) is 51.3 Å². The molecular formula is C23H20Cl2N4O5. The third kappa shape index (κ3) is 4.92. The molecule has 176 valence electrons. The van der Waals surface area contributed by atoms with E-state index in [9.17, 15) is 9.90 Å². The molecule has 0 aliphatic rings. The van der Waals surface area contributed by atoms with E-state index in [1.807, 2.05) is 0 Å². The minimum absolute atomic E-state index is 0.0208. The van der Waals surface area contributed by atoms with E-state index in [0.29, 0.717) is 32.4 Å². The standard InChI is InChI=1S/C23H20Cl2N4O5/c1-33-29-21-13(9-17(22(29)32)20-18(24)3-2-4-19(20)25)10-26-23(28-21)27-14-5-7-16(8-6-14)34-12-15(31)11-30/h2-10,15,30-31H,11-12H2,1H3,(H,26,27,28). The monoisotopic (exact) mass is 502 g/mol. The van der Waals surface area contributed by atoms with Crippen LogP contribution in [-0.2, 0) is 0 Å². The molecular weight excluding hydrogens is 483 g/mol. The lowest BCUT2D eigenvalue weighted by molar-refractivity contribution is 0.0536. The van der Waals surface area contributed by atoms with Crippen molar-refractivity contribution < 1.29 is 19.8 Å². The SMILES string of the molecule is COn1c(=O)c(-c2c(Cl)cccc2Cl)cc2cnc(Nc3ccc(OCC(O)CO)cc3)nc21. The van der Waals surface area contributed by atoms with Crippen molar-refractivity contribution in [1.29, 1.82) is 0 Å². The van der Waals surface area contributed by atoms with Crippen molar-refractivity contribution in [2.45, 2.75) is 6.10 Å². The Morgan fingerprint density at radius 3 is 2.50 bits per heavy atom. The molecule has 4 aromatic rings. The summed E-state index contributed by atoms with van der Waals surface area (Å²) < 4.78 is 6.44. The Morgan fingerprint density at radius 1 is 1.15 bits per heavy atom. The molecule has 0 spiro atoms. The van der Waals surface area contributed by atoms with Crippen molar-refractivity contribution in [1.82, 2.24) is 14.7 Å². The predicted octanol–water partition coefficient (Wildman–Crippen LogP) is 3.30. The fourth-order valence-corrected chi connectivity index (χ4v) is 3.84. The highest BCUT2D eigenvalue weighted by atomic mass is 35.5. The Morgan fingerprint density at radius 2 is 1.85 bits per heavy atom. The molecule has 0 fully saturated rings. The number of fused-ring (bicyclic) bond motifs is 1. The van der Waals surface area contributed by atoms with E-state index in [1.54, 1.807) is 54.7 Å². The summed E-state index contributed by atoms with van der Waals surface area (Å²) in [5.41, 5.74) is 1.12. The molecule has 0 amide bonds. The molecule has 11 heteroatoms. The second kappa shape index (κ2) is 10.3. The molecule has 4 rings (SSSR count). The molecule has 0 radical (unpaired) electrons. The van der Waals surface area contributed by atoms with E-state index in [-0.39, 0.29) is 30.4 Å². The number of benzene rings is 2. The lowest BCUT2D eigenvalue weighted by atomic mass is 10.1. The fraction of sp³-hybridized carbons (Fsp3) is 0.174. The van der Waals surface area contributed by atoms with Crippen molar-refractivity contribution in [2.24, 2.45) is 0 Å². The van der Waals surface area contributed by atoms with Crippen molar-refractivity contribution in [2.75, 3.05) is 25.6 Å². The van der Waals surface area contributed by atoms with Crippen LogP contribution in [0.3, 0.4) is 0 Å². The number of anilines is 2. The quantitative estimate of drug-likeness (QED) is 0.335. The second-order valence-corrected chi connectivity index (χ2v) is 8.02. The lowest BCUT2D eigenvalue weighted by Crippen LogP contribution is -2.27. The first-order chi connectivity index (χ1) is 16.4. The summed E-state index contributed by atoms with van der Waals surface area (Å²) in [6, 6.07) is 13.5. The van der Waals surface area contributed by atoms with E-state index in [1.165, 1.54) is 7.11 Å². The van der Waals surface area contributed by atoms with Gasteiger partial charge in [0.05, 0.1) is 22.2 Å². The van der Waals surface area contributed by atoms with Gasteiger partial charge in [-0.05, 0) is 42.5 Å². The van der Waals surface area contributed by atoms with Crippen LogP contribution in [0.15, 0.2) is 59.5 Å². The van der Waals surface area contributed by atoms with Gasteiger partial charge in [0.1, 0.15) is 25.6 Å².